The third kappa shape index (κ3) is 3.77. The zero-order valence-electron chi connectivity index (χ0n) is 15.5. The molecule has 5 atom stereocenters. The molecule has 9 heteroatoms. The van der Waals surface area contributed by atoms with Gasteiger partial charge < -0.3 is 25.2 Å². The van der Waals surface area contributed by atoms with Crippen LogP contribution in [0.3, 0.4) is 0 Å². The lowest BCUT2D eigenvalue weighted by Crippen LogP contribution is -2.48. The molecule has 150 valence electrons. The van der Waals surface area contributed by atoms with Crippen LogP contribution < -0.4 is 0 Å². The van der Waals surface area contributed by atoms with Crippen molar-refractivity contribution in [3.63, 3.8) is 0 Å². The van der Waals surface area contributed by atoms with Crippen molar-refractivity contribution in [1.29, 1.82) is 0 Å². The van der Waals surface area contributed by atoms with Crippen LogP contribution in [0.15, 0.2) is 42.3 Å². The summed E-state index contributed by atoms with van der Waals surface area (Å²) in [7, 11) is 0. The summed E-state index contributed by atoms with van der Waals surface area (Å²) in [5, 5.41) is 46.9. The molecule has 0 amide bonds. The molecule has 0 radical (unpaired) electrons. The molecule has 0 aliphatic carbocycles. The first kappa shape index (κ1) is 20.0. The molecule has 0 saturated carbocycles. The van der Waals surface area contributed by atoms with E-state index in [9.17, 15) is 20.1 Å². The van der Waals surface area contributed by atoms with Gasteiger partial charge in [-0.1, -0.05) is 36.4 Å². The molecule has 9 nitrogen and oxygen atoms in total. The lowest BCUT2D eigenvalue weighted by atomic mass is 9.87. The number of carboxylic acid groups (broad SMARTS) is 1. The molecule has 3 rings (SSSR count). The fraction of sp³-hybridized carbons (Fsp3) is 0.421. The first-order valence-corrected chi connectivity index (χ1v) is 8.90. The highest BCUT2D eigenvalue weighted by molar-refractivity contribution is 5.84. The second-order valence-electron chi connectivity index (χ2n) is 6.91. The molecule has 0 unspecified atom stereocenters. The van der Waals surface area contributed by atoms with Crippen LogP contribution in [0.25, 0.3) is 11.3 Å². The highest BCUT2D eigenvalue weighted by Crippen LogP contribution is 2.34. The number of aryl methyl sites for hydroxylation is 1. The number of benzene rings is 1. The number of hydrogen-bond acceptors (Lipinski definition) is 7. The number of aliphatic hydroxyl groups is 3. The van der Waals surface area contributed by atoms with Gasteiger partial charge in [-0.3, -0.25) is 0 Å². The van der Waals surface area contributed by atoms with Crippen molar-refractivity contribution < 1.29 is 30.0 Å². The maximum atomic E-state index is 11.5. The molecule has 2 heterocycles. The van der Waals surface area contributed by atoms with E-state index in [1.165, 1.54) is 10.8 Å². The van der Waals surface area contributed by atoms with E-state index in [0.29, 0.717) is 5.69 Å². The summed E-state index contributed by atoms with van der Waals surface area (Å²) >= 11 is 0. The van der Waals surface area contributed by atoms with Gasteiger partial charge in [-0.25, -0.2) is 9.48 Å². The van der Waals surface area contributed by atoms with Crippen molar-refractivity contribution >= 4 is 5.97 Å². The van der Waals surface area contributed by atoms with Gasteiger partial charge >= 0.3 is 5.97 Å². The molecule has 0 fully saturated rings. The number of ether oxygens (including phenoxy) is 1. The van der Waals surface area contributed by atoms with E-state index in [-0.39, 0.29) is 5.76 Å². The van der Waals surface area contributed by atoms with Crippen LogP contribution in [0, 0.1) is 12.8 Å². The average molecular weight is 389 g/mol. The number of allylic oxidation sites excluding steroid dienone is 1. The van der Waals surface area contributed by atoms with Crippen LogP contribution in [0.2, 0.25) is 0 Å². The van der Waals surface area contributed by atoms with Crippen LogP contribution in [-0.2, 0) is 9.53 Å². The topological polar surface area (TPSA) is 138 Å². The standard InChI is InChI=1S/C19H23N3O6/c1-10-5-3-4-6-12(10)13-8-22(21-20-13)14-7-16(19(26)27)28-18(11(14)2)17(25)15(24)9-23/h3-8,11,14-15,17-18,23-25H,9H2,1-2H3,(H,26,27)/t11-,14+,15-,17-,18-/m1/s1. The van der Waals surface area contributed by atoms with E-state index < -0.39 is 42.8 Å². The Labute approximate surface area is 161 Å². The molecule has 4 N–H and O–H groups in total. The fourth-order valence-electron chi connectivity index (χ4n) is 3.35. The minimum Gasteiger partial charge on any atom is -0.480 e. The number of aromatic nitrogens is 3. The van der Waals surface area contributed by atoms with Crippen molar-refractivity contribution in [2.45, 2.75) is 38.2 Å². The smallest absolute Gasteiger partial charge is 0.370 e. The zero-order chi connectivity index (χ0) is 20.4. The molecule has 1 aliphatic heterocycles. The first-order chi connectivity index (χ1) is 13.3. The number of carbonyl (C=O) groups is 1. The third-order valence-electron chi connectivity index (χ3n) is 5.01. The van der Waals surface area contributed by atoms with Crippen LogP contribution in [0.1, 0.15) is 18.5 Å². The summed E-state index contributed by atoms with van der Waals surface area (Å²) in [6.45, 7) is 3.02. The van der Waals surface area contributed by atoms with Gasteiger partial charge in [0, 0.05) is 11.5 Å². The summed E-state index contributed by atoms with van der Waals surface area (Å²) in [5.74, 6) is -2.11. The average Bonchev–Trinajstić information content (AvgIpc) is 3.16. The zero-order valence-corrected chi connectivity index (χ0v) is 15.5. The van der Waals surface area contributed by atoms with Crippen LogP contribution in [0.5, 0.6) is 0 Å². The number of rotatable bonds is 6. The van der Waals surface area contributed by atoms with Gasteiger partial charge in [0.05, 0.1) is 18.8 Å². The summed E-state index contributed by atoms with van der Waals surface area (Å²) in [6, 6.07) is 7.11. The van der Waals surface area contributed by atoms with Crippen molar-refractivity contribution in [3.05, 3.63) is 47.9 Å². The molecule has 0 spiro atoms. The Balaban J connectivity index is 1.96. The molecular weight excluding hydrogens is 366 g/mol. The molecule has 28 heavy (non-hydrogen) atoms. The van der Waals surface area contributed by atoms with Gasteiger partial charge in [0.2, 0.25) is 5.76 Å². The predicted molar refractivity (Wildman–Crippen MR) is 98.1 cm³/mol. The van der Waals surface area contributed by atoms with E-state index in [4.69, 9.17) is 9.84 Å². The molecule has 1 aromatic heterocycles. The highest BCUT2D eigenvalue weighted by Gasteiger charge is 2.41. The molecule has 1 aromatic carbocycles. The second-order valence-corrected chi connectivity index (χ2v) is 6.91. The Morgan fingerprint density at radius 2 is 2.04 bits per heavy atom. The Bertz CT molecular complexity index is 880. The van der Waals surface area contributed by atoms with E-state index in [1.54, 1.807) is 13.1 Å². The van der Waals surface area contributed by atoms with Gasteiger partial charge in [0.15, 0.2) is 0 Å². The van der Waals surface area contributed by atoms with Crippen LogP contribution in [-0.4, -0.2) is 66.3 Å². The minimum atomic E-state index is -1.47. The van der Waals surface area contributed by atoms with Gasteiger partial charge in [-0.15, -0.1) is 5.10 Å². The Kier molecular flexibility index (Phi) is 5.78. The number of carboxylic acids is 1. The number of hydrogen-bond donors (Lipinski definition) is 4. The van der Waals surface area contributed by atoms with Gasteiger partial charge in [-0.2, -0.15) is 0 Å². The monoisotopic (exact) mass is 389 g/mol. The highest BCUT2D eigenvalue weighted by atomic mass is 16.5. The van der Waals surface area contributed by atoms with E-state index in [2.05, 4.69) is 10.3 Å². The summed E-state index contributed by atoms with van der Waals surface area (Å²) in [6.07, 6.45) is -0.868. The first-order valence-electron chi connectivity index (χ1n) is 8.90. The number of nitrogens with zero attached hydrogens (tertiary/aromatic N) is 3. The van der Waals surface area contributed by atoms with Gasteiger partial charge in [-0.05, 0) is 18.6 Å². The molecule has 0 bridgehead atoms. The predicted octanol–water partition coefficient (Wildman–Crippen LogP) is 0.512. The maximum absolute atomic E-state index is 11.5. The lowest BCUT2D eigenvalue weighted by Gasteiger charge is -2.37. The Morgan fingerprint density at radius 3 is 2.68 bits per heavy atom. The molecule has 0 saturated heterocycles. The van der Waals surface area contributed by atoms with Crippen LogP contribution >= 0.6 is 0 Å². The summed E-state index contributed by atoms with van der Waals surface area (Å²) < 4.78 is 6.90. The van der Waals surface area contributed by atoms with Crippen molar-refractivity contribution in [2.24, 2.45) is 5.92 Å². The third-order valence-corrected chi connectivity index (χ3v) is 5.01. The minimum absolute atomic E-state index is 0.356. The summed E-state index contributed by atoms with van der Waals surface area (Å²) in [5.41, 5.74) is 2.56. The van der Waals surface area contributed by atoms with Crippen molar-refractivity contribution in [2.75, 3.05) is 6.61 Å². The van der Waals surface area contributed by atoms with Gasteiger partial charge in [0.25, 0.3) is 0 Å². The molecule has 2 aromatic rings. The van der Waals surface area contributed by atoms with E-state index >= 15 is 0 Å². The molecule has 1 aliphatic rings. The SMILES string of the molecule is Cc1ccccc1-c1cn([C@H]2C=C(C(=O)O)O[C@@H]([C@H](O)[C@H](O)CO)[C@@H]2C)nn1. The van der Waals surface area contributed by atoms with Crippen molar-refractivity contribution in [3.8, 4) is 11.3 Å². The van der Waals surface area contributed by atoms with E-state index in [1.807, 2.05) is 31.2 Å². The maximum Gasteiger partial charge on any atom is 0.370 e. The largest absolute Gasteiger partial charge is 0.480 e. The Hall–Kier alpha value is -2.75. The van der Waals surface area contributed by atoms with E-state index in [0.717, 1.165) is 11.1 Å². The van der Waals surface area contributed by atoms with Crippen molar-refractivity contribution in [1.82, 2.24) is 15.0 Å². The van der Waals surface area contributed by atoms with Gasteiger partial charge in [0.1, 0.15) is 24.0 Å². The second kappa shape index (κ2) is 8.09. The normalized spacial score (nSPS) is 24.2. The number of aliphatic carboxylic acids is 1. The lowest BCUT2D eigenvalue weighted by molar-refractivity contribution is -0.148. The number of aliphatic hydroxyl groups excluding tert-OH is 3. The van der Waals surface area contributed by atoms with Crippen LogP contribution in [0.4, 0.5) is 0 Å². The quantitative estimate of drug-likeness (QED) is 0.561. The Morgan fingerprint density at radius 1 is 1.32 bits per heavy atom. The summed E-state index contributed by atoms with van der Waals surface area (Å²) in [4.78, 5) is 11.5. The fourth-order valence-corrected chi connectivity index (χ4v) is 3.35. The molecular formula is C19H23N3O6.